The molecular weight excluding hydrogens is 713 g/mol. The first kappa shape index (κ1) is 24.7. The predicted molar refractivity (Wildman–Crippen MR) is 190 cm³/mol. The molecule has 4 nitrogen and oxygen atoms in total. The van der Waals surface area contributed by atoms with Crippen LogP contribution in [0.5, 0.6) is 0 Å². The van der Waals surface area contributed by atoms with Gasteiger partial charge < -0.3 is 0 Å². The van der Waals surface area contributed by atoms with E-state index >= 15 is 0 Å². The van der Waals surface area contributed by atoms with E-state index in [0.29, 0.717) is 0 Å². The lowest BCUT2D eigenvalue weighted by atomic mass is 10.1. The van der Waals surface area contributed by atoms with Crippen molar-refractivity contribution in [3.63, 3.8) is 0 Å². The second-order valence-corrected chi connectivity index (χ2v) is 21.9. The van der Waals surface area contributed by atoms with Gasteiger partial charge in [0.15, 0.2) is 0 Å². The molecular formula is C28H2N4S10. The van der Waals surface area contributed by atoms with E-state index in [9.17, 15) is 21.0 Å². The maximum absolute atomic E-state index is 9.47. The fraction of sp³-hybridized carbons (Fsp3) is 0. The number of fused-ring (bicyclic) bond motifs is 17. The molecule has 0 saturated carbocycles. The minimum atomic E-state index is 0.172. The van der Waals surface area contributed by atoms with Crippen LogP contribution in [0, 0.1) is 57.2 Å². The van der Waals surface area contributed by atoms with Crippen LogP contribution < -0.4 is 0 Å². The van der Waals surface area contributed by atoms with Crippen molar-refractivity contribution in [2.45, 2.75) is 0 Å². The van der Waals surface area contributed by atoms with E-state index in [-0.39, 0.29) is 11.8 Å². The molecule has 0 bridgehead atoms. The van der Waals surface area contributed by atoms with Gasteiger partial charge in [0.1, 0.15) is 0 Å². The Labute approximate surface area is 274 Å². The molecule has 42 heavy (non-hydrogen) atoms. The van der Waals surface area contributed by atoms with Gasteiger partial charge in [-0.3, -0.25) is 0 Å². The first-order chi connectivity index (χ1) is 20.6. The number of hydrogen-bond acceptors (Lipinski definition) is 14. The van der Waals surface area contributed by atoms with E-state index in [2.05, 4.69) is 24.3 Å². The Morgan fingerprint density at radius 1 is 0.357 bits per heavy atom. The van der Waals surface area contributed by atoms with Crippen molar-refractivity contribution >= 4 is 198 Å². The highest BCUT2D eigenvalue weighted by Gasteiger charge is 2.28. The van der Waals surface area contributed by atoms with Gasteiger partial charge in [0.05, 0.1) is 60.4 Å². The second-order valence-electron chi connectivity index (χ2n) is 9.27. The Morgan fingerprint density at radius 3 is 0.929 bits per heavy atom. The van der Waals surface area contributed by atoms with Crippen LogP contribution in [0.4, 0.5) is 0 Å². The standard InChI is InChI=1S/C28H2N4S10/c29-3-7(4-30)11-1-9-13-15-17-19-18-16-14-10-2-12(8(5-31)6-32)34-21(10)36-23(14)38-25(16)40-27(18)42-28(19)41-26(17)39-24(15)37-22(13)35-20(9)33-11/h1-2H. The molecule has 10 heterocycles. The number of thiophene rings is 10. The first-order valence-electron chi connectivity index (χ1n) is 11.9. The summed E-state index contributed by atoms with van der Waals surface area (Å²) < 4.78 is 11.6. The van der Waals surface area contributed by atoms with Crippen LogP contribution in [-0.2, 0) is 0 Å². The third kappa shape index (κ3) is 2.94. The Balaban J connectivity index is 1.34. The number of nitrogens with zero attached hydrogens (tertiary/aromatic N) is 4. The average Bonchev–Trinajstić information content (AvgIpc) is 3.78. The largest absolute Gasteiger partial charge is 0.214 e. The summed E-state index contributed by atoms with van der Waals surface area (Å²) in [5.41, 5.74) is 0. The third-order valence-corrected chi connectivity index (χ3v) is 19.9. The predicted octanol–water partition coefficient (Wildman–Crippen LogP) is 12.6. The molecule has 10 aromatic heterocycles. The fourth-order valence-electron chi connectivity index (χ4n) is 5.64. The Hall–Kier alpha value is -2.70. The van der Waals surface area contributed by atoms with Crippen molar-refractivity contribution in [2.75, 3.05) is 0 Å². The molecule has 0 unspecified atom stereocenters. The summed E-state index contributed by atoms with van der Waals surface area (Å²) in [6.07, 6.45) is 0. The molecule has 0 aliphatic rings. The summed E-state index contributed by atoms with van der Waals surface area (Å²) in [6.45, 7) is 0. The van der Waals surface area contributed by atoms with Crippen LogP contribution in [0.2, 0.25) is 0 Å². The second kappa shape index (κ2) is 8.47. The molecule has 0 amide bonds. The quantitative estimate of drug-likeness (QED) is 0.178. The van der Waals surface area contributed by atoms with E-state index in [1.165, 1.54) is 65.8 Å². The van der Waals surface area contributed by atoms with Gasteiger partial charge in [0.25, 0.3) is 0 Å². The van der Waals surface area contributed by atoms with Crippen LogP contribution in [0.15, 0.2) is 12.1 Å². The topological polar surface area (TPSA) is 95.2 Å². The molecule has 0 aromatic carbocycles. The zero-order valence-electron chi connectivity index (χ0n) is 20.0. The van der Waals surface area contributed by atoms with Gasteiger partial charge in [-0.15, -0.1) is 113 Å². The van der Waals surface area contributed by atoms with Gasteiger partial charge in [-0.25, -0.2) is 0 Å². The molecule has 14 heteroatoms. The maximum Gasteiger partial charge on any atom is 0.214 e. The van der Waals surface area contributed by atoms with E-state index < -0.39 is 0 Å². The van der Waals surface area contributed by atoms with Crippen LogP contribution >= 0.6 is 113 Å². The van der Waals surface area contributed by atoms with E-state index in [1.807, 2.05) is 80.2 Å². The lowest BCUT2D eigenvalue weighted by Gasteiger charge is -1.91. The highest BCUT2D eigenvalue weighted by molar-refractivity contribution is 7.62. The number of nitriles is 4. The van der Waals surface area contributed by atoms with Gasteiger partial charge in [0, 0.05) is 58.2 Å². The molecule has 0 N–H and O–H groups in total. The summed E-state index contributed by atoms with van der Waals surface area (Å²) in [5, 5.41) is 49.4. The summed E-state index contributed by atoms with van der Waals surface area (Å²) >= 11 is 17.9. The highest BCUT2D eigenvalue weighted by atomic mass is 32.2. The van der Waals surface area contributed by atoms with Crippen molar-refractivity contribution in [2.24, 2.45) is 0 Å². The zero-order valence-corrected chi connectivity index (χ0v) is 28.2. The SMILES string of the molecule is N#C[C](C#N)c1cc2c(s1)sc1sc3sc4sc5sc6sc7sc8sc9sc([C](C#N)C#N)cc9c8c7c6c5c4c3c12. The van der Waals surface area contributed by atoms with Gasteiger partial charge in [-0.05, 0) is 12.1 Å². The molecule has 0 aliphatic heterocycles. The molecule has 0 fully saturated rings. The molecule has 10 aromatic rings. The summed E-state index contributed by atoms with van der Waals surface area (Å²) in [4.78, 5) is 1.49. The van der Waals surface area contributed by atoms with Crippen LogP contribution in [0.1, 0.15) is 9.75 Å². The fourth-order valence-corrected chi connectivity index (χ4v) is 20.8. The first-order valence-corrected chi connectivity index (χ1v) is 20.0. The van der Waals surface area contributed by atoms with Gasteiger partial charge in [-0.1, -0.05) is 0 Å². The molecule has 0 spiro atoms. The van der Waals surface area contributed by atoms with Crippen molar-refractivity contribution in [3.05, 3.63) is 33.7 Å². The molecule has 0 atom stereocenters. The Kier molecular flexibility index (Phi) is 4.99. The number of hydrogen-bond donors (Lipinski definition) is 0. The molecule has 0 aliphatic carbocycles. The van der Waals surface area contributed by atoms with Crippen molar-refractivity contribution in [3.8, 4) is 24.3 Å². The van der Waals surface area contributed by atoms with E-state index in [1.54, 1.807) is 45.3 Å². The number of rotatable bonds is 2. The zero-order chi connectivity index (χ0) is 28.0. The van der Waals surface area contributed by atoms with Gasteiger partial charge in [0.2, 0.25) is 11.8 Å². The lowest BCUT2D eigenvalue weighted by molar-refractivity contribution is 1.37. The van der Waals surface area contributed by atoms with Crippen molar-refractivity contribution < 1.29 is 0 Å². The third-order valence-electron chi connectivity index (χ3n) is 7.29. The summed E-state index contributed by atoms with van der Waals surface area (Å²) in [5.74, 6) is 0.344. The Morgan fingerprint density at radius 2 is 0.619 bits per heavy atom. The lowest BCUT2D eigenvalue weighted by Crippen LogP contribution is -1.86. The minimum absolute atomic E-state index is 0.172. The normalized spacial score (nSPS) is 12.6. The highest BCUT2D eigenvalue weighted by Crippen LogP contribution is 2.61. The molecule has 0 saturated heterocycles. The van der Waals surface area contributed by atoms with Crippen LogP contribution in [0.3, 0.4) is 0 Å². The smallest absolute Gasteiger partial charge is 0.196 e. The summed E-state index contributed by atoms with van der Waals surface area (Å²) in [6, 6.07) is 12.3. The van der Waals surface area contributed by atoms with Crippen LogP contribution in [-0.4, -0.2) is 0 Å². The van der Waals surface area contributed by atoms with E-state index in [4.69, 9.17) is 0 Å². The molecule has 194 valence electrons. The minimum Gasteiger partial charge on any atom is -0.196 e. The average molecular weight is 715 g/mol. The monoisotopic (exact) mass is 714 g/mol. The van der Waals surface area contributed by atoms with Gasteiger partial charge >= 0.3 is 0 Å². The van der Waals surface area contributed by atoms with Crippen molar-refractivity contribution in [1.29, 1.82) is 21.0 Å². The van der Waals surface area contributed by atoms with Crippen molar-refractivity contribution in [1.82, 2.24) is 0 Å². The molecule has 10 rings (SSSR count). The van der Waals surface area contributed by atoms with Gasteiger partial charge in [-0.2, -0.15) is 21.0 Å². The summed E-state index contributed by atoms with van der Waals surface area (Å²) in [7, 11) is 0. The maximum atomic E-state index is 9.47. The molecule has 2 radical (unpaired) electrons. The van der Waals surface area contributed by atoms with E-state index in [0.717, 1.165) is 28.6 Å². The van der Waals surface area contributed by atoms with Crippen LogP contribution in [0.25, 0.3) is 84.6 Å². The Bertz CT molecular complexity index is 2760.